The van der Waals surface area contributed by atoms with E-state index < -0.39 is 12.1 Å². The van der Waals surface area contributed by atoms with Crippen LogP contribution in [0, 0.1) is 0 Å². The molecule has 5 nitrogen and oxygen atoms in total. The number of nitrogens with zero attached hydrogens (tertiary/aromatic N) is 1. The summed E-state index contributed by atoms with van der Waals surface area (Å²) < 4.78 is 5.46. The summed E-state index contributed by atoms with van der Waals surface area (Å²) >= 11 is 0. The average molecular weight is 249 g/mol. The number of carboxylic acid groups (broad SMARTS) is 1. The highest BCUT2D eigenvalue weighted by Crippen LogP contribution is 2.34. The number of benzene rings is 1. The quantitative estimate of drug-likeness (QED) is 0.881. The van der Waals surface area contributed by atoms with Gasteiger partial charge in [-0.25, -0.2) is 0 Å². The number of hydrogen-bond donors (Lipinski definition) is 1. The van der Waals surface area contributed by atoms with Crippen LogP contribution in [0.5, 0.6) is 5.75 Å². The van der Waals surface area contributed by atoms with Crippen molar-refractivity contribution < 1.29 is 19.4 Å². The fourth-order valence-electron chi connectivity index (χ4n) is 2.02. The molecule has 0 saturated carbocycles. The fourth-order valence-corrected chi connectivity index (χ4v) is 2.02. The van der Waals surface area contributed by atoms with Crippen LogP contribution >= 0.6 is 0 Å². The van der Waals surface area contributed by atoms with Crippen LogP contribution in [0.15, 0.2) is 24.3 Å². The Morgan fingerprint density at radius 3 is 2.83 bits per heavy atom. The molecule has 1 heterocycles. The Morgan fingerprint density at radius 1 is 1.44 bits per heavy atom. The maximum Gasteiger partial charge on any atom is 0.307 e. The van der Waals surface area contributed by atoms with Crippen molar-refractivity contribution >= 4 is 17.6 Å². The Balaban J connectivity index is 2.33. The van der Waals surface area contributed by atoms with Crippen LogP contribution in [0.1, 0.15) is 19.8 Å². The molecule has 0 bridgehead atoms. The molecular weight excluding hydrogens is 234 g/mol. The van der Waals surface area contributed by atoms with Crippen LogP contribution in [-0.4, -0.2) is 29.6 Å². The Hall–Kier alpha value is -2.04. The van der Waals surface area contributed by atoms with Crippen molar-refractivity contribution in [1.29, 1.82) is 0 Å². The van der Waals surface area contributed by atoms with E-state index >= 15 is 0 Å². The van der Waals surface area contributed by atoms with Crippen molar-refractivity contribution in [3.63, 3.8) is 0 Å². The minimum Gasteiger partial charge on any atom is -0.481 e. The number of hydrogen-bond acceptors (Lipinski definition) is 3. The molecule has 1 amide bonds. The zero-order valence-corrected chi connectivity index (χ0v) is 10.1. The van der Waals surface area contributed by atoms with E-state index in [9.17, 15) is 9.59 Å². The van der Waals surface area contributed by atoms with E-state index in [0.29, 0.717) is 18.0 Å². The first-order chi connectivity index (χ1) is 8.63. The second-order valence-electron chi connectivity index (χ2n) is 4.16. The van der Waals surface area contributed by atoms with Gasteiger partial charge in [-0.2, -0.15) is 0 Å². The second-order valence-corrected chi connectivity index (χ2v) is 4.16. The van der Waals surface area contributed by atoms with Gasteiger partial charge in [-0.15, -0.1) is 0 Å². The van der Waals surface area contributed by atoms with Crippen molar-refractivity contribution in [1.82, 2.24) is 0 Å². The van der Waals surface area contributed by atoms with Crippen molar-refractivity contribution in [2.45, 2.75) is 25.9 Å². The van der Waals surface area contributed by atoms with Crippen molar-refractivity contribution in [3.05, 3.63) is 24.3 Å². The van der Waals surface area contributed by atoms with Gasteiger partial charge in [0.2, 0.25) is 0 Å². The molecule has 1 aromatic rings. The van der Waals surface area contributed by atoms with E-state index in [1.807, 2.05) is 13.0 Å². The number of carbonyl (C=O) groups excluding carboxylic acids is 1. The van der Waals surface area contributed by atoms with Gasteiger partial charge in [-0.3, -0.25) is 9.59 Å². The molecule has 0 fully saturated rings. The van der Waals surface area contributed by atoms with Crippen molar-refractivity contribution in [3.8, 4) is 5.75 Å². The Labute approximate surface area is 105 Å². The highest BCUT2D eigenvalue weighted by molar-refractivity contribution is 6.01. The maximum absolute atomic E-state index is 12.2. The largest absolute Gasteiger partial charge is 0.481 e. The van der Waals surface area contributed by atoms with Crippen LogP contribution < -0.4 is 9.64 Å². The Bertz CT molecular complexity index is 472. The second kappa shape index (κ2) is 5.08. The predicted octanol–water partition coefficient (Wildman–Crippen LogP) is 1.67. The molecular formula is C13H15NO4. The third-order valence-corrected chi connectivity index (χ3v) is 2.77. The predicted molar refractivity (Wildman–Crippen MR) is 65.8 cm³/mol. The normalized spacial score (nSPS) is 18.2. The molecule has 1 aromatic carbocycles. The number of anilines is 1. The third kappa shape index (κ3) is 2.30. The molecule has 2 rings (SSSR count). The number of aliphatic carboxylic acids is 1. The van der Waals surface area contributed by atoms with Crippen molar-refractivity contribution in [2.24, 2.45) is 0 Å². The molecule has 5 heteroatoms. The number of para-hydroxylation sites is 2. The molecule has 96 valence electrons. The zero-order chi connectivity index (χ0) is 13.1. The summed E-state index contributed by atoms with van der Waals surface area (Å²) in [7, 11) is 0. The Morgan fingerprint density at radius 2 is 2.17 bits per heavy atom. The molecule has 1 N–H and O–H groups in total. The molecule has 1 aliphatic heterocycles. The van der Waals surface area contributed by atoms with E-state index in [2.05, 4.69) is 0 Å². The van der Waals surface area contributed by atoms with Gasteiger partial charge in [-0.1, -0.05) is 19.1 Å². The summed E-state index contributed by atoms with van der Waals surface area (Å²) in [5, 5.41) is 8.80. The number of ether oxygens (including phenoxy) is 1. The van der Waals surface area contributed by atoms with Gasteiger partial charge in [-0.05, 0) is 18.6 Å². The van der Waals surface area contributed by atoms with E-state index in [1.54, 1.807) is 23.1 Å². The van der Waals surface area contributed by atoms with Crippen molar-refractivity contribution in [2.75, 3.05) is 11.4 Å². The highest BCUT2D eigenvalue weighted by atomic mass is 16.5. The summed E-state index contributed by atoms with van der Waals surface area (Å²) in [5.41, 5.74) is 0.714. The monoisotopic (exact) mass is 249 g/mol. The highest BCUT2D eigenvalue weighted by Gasteiger charge is 2.35. The van der Waals surface area contributed by atoms with Crippen LogP contribution in [0.4, 0.5) is 5.69 Å². The molecule has 0 spiro atoms. The standard InChI is InChI=1S/C13H15NO4/c1-2-7-14-9-5-3-4-6-10(9)18-11(13(14)17)8-12(15)16/h3-6,11H,2,7-8H2,1H3,(H,15,16). The summed E-state index contributed by atoms with van der Waals surface area (Å²) in [4.78, 5) is 24.5. The van der Waals surface area contributed by atoms with Gasteiger partial charge in [0, 0.05) is 6.54 Å². The van der Waals surface area contributed by atoms with Gasteiger partial charge in [0.25, 0.3) is 5.91 Å². The fraction of sp³-hybridized carbons (Fsp3) is 0.385. The third-order valence-electron chi connectivity index (χ3n) is 2.77. The number of rotatable bonds is 4. The molecule has 0 aliphatic carbocycles. The van der Waals surface area contributed by atoms with Gasteiger partial charge >= 0.3 is 5.97 Å². The van der Waals surface area contributed by atoms with Crippen LogP contribution in [-0.2, 0) is 9.59 Å². The lowest BCUT2D eigenvalue weighted by Gasteiger charge is -2.33. The molecule has 0 saturated heterocycles. The minimum atomic E-state index is -1.04. The SMILES string of the molecule is CCCN1C(=O)C(CC(=O)O)Oc2ccccc21. The number of carboxylic acids is 1. The maximum atomic E-state index is 12.2. The first-order valence-corrected chi connectivity index (χ1v) is 5.92. The van der Waals surface area contributed by atoms with Crippen LogP contribution in [0.25, 0.3) is 0 Å². The van der Waals surface area contributed by atoms with E-state index in [-0.39, 0.29) is 12.3 Å². The number of fused-ring (bicyclic) bond motifs is 1. The molecule has 1 atom stereocenters. The summed E-state index contributed by atoms with van der Waals surface area (Å²) in [6.45, 7) is 2.53. The first kappa shape index (κ1) is 12.4. The van der Waals surface area contributed by atoms with E-state index in [1.165, 1.54) is 0 Å². The van der Waals surface area contributed by atoms with Crippen LogP contribution in [0.2, 0.25) is 0 Å². The topological polar surface area (TPSA) is 66.8 Å². The summed E-state index contributed by atoms with van der Waals surface area (Å²) in [5.74, 6) is -0.751. The molecule has 1 unspecified atom stereocenters. The van der Waals surface area contributed by atoms with Crippen LogP contribution in [0.3, 0.4) is 0 Å². The van der Waals surface area contributed by atoms with E-state index in [4.69, 9.17) is 9.84 Å². The Kier molecular flexibility index (Phi) is 3.50. The lowest BCUT2D eigenvalue weighted by molar-refractivity contribution is -0.142. The number of amides is 1. The van der Waals surface area contributed by atoms with Gasteiger partial charge in [0.15, 0.2) is 6.10 Å². The average Bonchev–Trinajstić information content (AvgIpc) is 2.34. The lowest BCUT2D eigenvalue weighted by atomic mass is 10.1. The summed E-state index contributed by atoms with van der Waals surface area (Å²) in [6, 6.07) is 7.19. The lowest BCUT2D eigenvalue weighted by Crippen LogP contribution is -2.47. The zero-order valence-electron chi connectivity index (χ0n) is 10.1. The van der Waals surface area contributed by atoms with Gasteiger partial charge in [0.1, 0.15) is 5.75 Å². The minimum absolute atomic E-state index is 0.280. The molecule has 18 heavy (non-hydrogen) atoms. The smallest absolute Gasteiger partial charge is 0.307 e. The molecule has 1 aliphatic rings. The number of carbonyl (C=O) groups is 2. The summed E-state index contributed by atoms with van der Waals surface area (Å²) in [6.07, 6.45) is -0.434. The molecule has 0 aromatic heterocycles. The van der Waals surface area contributed by atoms with Gasteiger partial charge < -0.3 is 14.7 Å². The molecule has 0 radical (unpaired) electrons. The van der Waals surface area contributed by atoms with Gasteiger partial charge in [0.05, 0.1) is 12.1 Å². The van der Waals surface area contributed by atoms with E-state index in [0.717, 1.165) is 6.42 Å². The first-order valence-electron chi connectivity index (χ1n) is 5.92.